The van der Waals surface area contributed by atoms with Gasteiger partial charge in [0.2, 0.25) is 0 Å². The molecule has 0 aliphatic carbocycles. The minimum atomic E-state index is -3.98. The maximum atomic E-state index is 13.8. The van der Waals surface area contributed by atoms with Crippen LogP contribution in [0, 0.1) is 12.7 Å². The molecule has 0 amide bonds. The second kappa shape index (κ2) is 6.01. The first-order valence-electron chi connectivity index (χ1n) is 6.02. The summed E-state index contributed by atoms with van der Waals surface area (Å²) in [7, 11) is -3.98. The summed E-state index contributed by atoms with van der Waals surface area (Å²) in [4.78, 5) is -0.000886. The number of anilines is 1. The molecule has 112 valence electrons. The molecule has 2 aromatic rings. The molecule has 0 radical (unpaired) electrons. The molecule has 0 heterocycles. The van der Waals surface area contributed by atoms with E-state index in [1.54, 1.807) is 6.92 Å². The Morgan fingerprint density at radius 1 is 1.29 bits per heavy atom. The fraction of sp³-hybridized carbons (Fsp3) is 0.143. The second-order valence-electron chi connectivity index (χ2n) is 4.45. The van der Waals surface area contributed by atoms with Gasteiger partial charge in [-0.1, -0.05) is 23.7 Å². The molecule has 0 aromatic heterocycles. The van der Waals surface area contributed by atoms with Crippen LogP contribution in [0.1, 0.15) is 11.1 Å². The Morgan fingerprint density at radius 3 is 2.62 bits per heavy atom. The molecule has 0 saturated carbocycles. The first kappa shape index (κ1) is 15.8. The van der Waals surface area contributed by atoms with Crippen LogP contribution < -0.4 is 4.72 Å². The molecule has 2 N–H and O–H groups in total. The van der Waals surface area contributed by atoms with Crippen LogP contribution in [0.5, 0.6) is 0 Å². The molecule has 0 atom stereocenters. The number of aryl methyl sites for hydroxylation is 1. The van der Waals surface area contributed by atoms with E-state index in [2.05, 4.69) is 4.72 Å². The molecule has 2 rings (SSSR count). The lowest BCUT2D eigenvalue weighted by atomic mass is 10.2. The van der Waals surface area contributed by atoms with Crippen molar-refractivity contribution in [2.75, 3.05) is 4.72 Å². The molecule has 21 heavy (non-hydrogen) atoms. The third kappa shape index (κ3) is 3.34. The molecule has 0 aliphatic heterocycles. The van der Waals surface area contributed by atoms with Crippen molar-refractivity contribution in [3.05, 3.63) is 58.4 Å². The molecule has 0 saturated heterocycles. The molecular weight excluding hydrogens is 317 g/mol. The Morgan fingerprint density at radius 2 is 2.00 bits per heavy atom. The Hall–Kier alpha value is -1.63. The number of aliphatic hydroxyl groups is 1. The SMILES string of the molecule is Cc1cc(Cl)ccc1S(=O)(=O)Nc1c(F)cccc1CO. The molecule has 0 bridgehead atoms. The average Bonchev–Trinajstić information content (AvgIpc) is 2.40. The number of sulfonamides is 1. The van der Waals surface area contributed by atoms with Crippen LogP contribution in [0.2, 0.25) is 5.02 Å². The smallest absolute Gasteiger partial charge is 0.262 e. The predicted octanol–water partition coefficient (Wildman–Crippen LogP) is 3.08. The number of para-hydroxylation sites is 1. The highest BCUT2D eigenvalue weighted by molar-refractivity contribution is 7.92. The average molecular weight is 330 g/mol. The number of halogens is 2. The van der Waals surface area contributed by atoms with Crippen molar-refractivity contribution in [1.82, 2.24) is 0 Å². The van der Waals surface area contributed by atoms with Gasteiger partial charge in [0.15, 0.2) is 0 Å². The van der Waals surface area contributed by atoms with Crippen molar-refractivity contribution >= 4 is 27.3 Å². The number of hydrogen-bond donors (Lipinski definition) is 2. The standard InChI is InChI=1S/C14H13ClFNO3S/c1-9-7-11(15)5-6-13(9)21(19,20)17-14-10(8-18)3-2-4-12(14)16/h2-7,17-18H,8H2,1H3. The van der Waals surface area contributed by atoms with E-state index in [9.17, 15) is 17.9 Å². The first-order chi connectivity index (χ1) is 9.85. The summed E-state index contributed by atoms with van der Waals surface area (Å²) in [5.74, 6) is -0.753. The second-order valence-corrected chi connectivity index (χ2v) is 6.53. The maximum absolute atomic E-state index is 13.8. The van der Waals surface area contributed by atoms with Gasteiger partial charge in [0, 0.05) is 10.6 Å². The van der Waals surface area contributed by atoms with Crippen molar-refractivity contribution in [3.8, 4) is 0 Å². The van der Waals surface area contributed by atoms with Crippen LogP contribution in [-0.4, -0.2) is 13.5 Å². The lowest BCUT2D eigenvalue weighted by Gasteiger charge is -2.13. The van der Waals surface area contributed by atoms with Crippen molar-refractivity contribution in [3.63, 3.8) is 0 Å². The first-order valence-corrected chi connectivity index (χ1v) is 7.88. The van der Waals surface area contributed by atoms with Gasteiger partial charge in [0.05, 0.1) is 17.2 Å². The van der Waals surface area contributed by atoms with Gasteiger partial charge in [-0.25, -0.2) is 12.8 Å². The molecule has 0 aliphatic rings. The summed E-state index contributed by atoms with van der Waals surface area (Å²) in [5, 5.41) is 9.59. The Labute approximate surface area is 127 Å². The maximum Gasteiger partial charge on any atom is 0.262 e. The summed E-state index contributed by atoms with van der Waals surface area (Å²) in [6, 6.07) is 8.24. The predicted molar refractivity (Wildman–Crippen MR) is 79.3 cm³/mol. The lowest BCUT2D eigenvalue weighted by Crippen LogP contribution is -2.16. The largest absolute Gasteiger partial charge is 0.392 e. The van der Waals surface area contributed by atoms with E-state index in [1.807, 2.05) is 0 Å². The van der Waals surface area contributed by atoms with Crippen molar-refractivity contribution in [1.29, 1.82) is 0 Å². The summed E-state index contributed by atoms with van der Waals surface area (Å²) < 4.78 is 40.7. The summed E-state index contributed by atoms with van der Waals surface area (Å²) in [6.07, 6.45) is 0. The highest BCUT2D eigenvalue weighted by atomic mass is 35.5. The highest BCUT2D eigenvalue weighted by Crippen LogP contribution is 2.26. The fourth-order valence-electron chi connectivity index (χ4n) is 1.92. The monoisotopic (exact) mass is 329 g/mol. The Balaban J connectivity index is 2.47. The summed E-state index contributed by atoms with van der Waals surface area (Å²) in [5.41, 5.74) is 0.344. The van der Waals surface area contributed by atoms with E-state index >= 15 is 0 Å². The number of nitrogens with one attached hydrogen (secondary N) is 1. The third-order valence-corrected chi connectivity index (χ3v) is 4.68. The normalized spacial score (nSPS) is 11.4. The summed E-state index contributed by atoms with van der Waals surface area (Å²) in [6.45, 7) is 1.12. The lowest BCUT2D eigenvalue weighted by molar-refractivity contribution is 0.282. The molecule has 4 nitrogen and oxygen atoms in total. The number of benzene rings is 2. The van der Waals surface area contributed by atoms with Gasteiger partial charge in [-0.2, -0.15) is 0 Å². The Kier molecular flexibility index (Phi) is 4.51. The third-order valence-electron chi connectivity index (χ3n) is 2.93. The highest BCUT2D eigenvalue weighted by Gasteiger charge is 2.20. The van der Waals surface area contributed by atoms with Gasteiger partial charge in [0.1, 0.15) is 5.82 Å². The van der Waals surface area contributed by atoms with Gasteiger partial charge in [0.25, 0.3) is 10.0 Å². The van der Waals surface area contributed by atoms with Crippen LogP contribution in [0.4, 0.5) is 10.1 Å². The fourth-order valence-corrected chi connectivity index (χ4v) is 3.48. The van der Waals surface area contributed by atoms with Crippen molar-refractivity contribution in [2.24, 2.45) is 0 Å². The van der Waals surface area contributed by atoms with E-state index in [0.29, 0.717) is 10.6 Å². The molecule has 0 fully saturated rings. The molecule has 0 unspecified atom stereocenters. The van der Waals surface area contributed by atoms with Crippen LogP contribution in [0.3, 0.4) is 0 Å². The molecule has 0 spiro atoms. The molecule has 7 heteroatoms. The number of rotatable bonds is 4. The van der Waals surface area contributed by atoms with E-state index in [0.717, 1.165) is 6.07 Å². The summed E-state index contributed by atoms with van der Waals surface area (Å²) >= 11 is 5.79. The van der Waals surface area contributed by atoms with Crippen LogP contribution in [0.25, 0.3) is 0 Å². The number of aliphatic hydroxyl groups excluding tert-OH is 1. The minimum absolute atomic E-state index is 0.000886. The van der Waals surface area contributed by atoms with Gasteiger partial charge in [-0.15, -0.1) is 0 Å². The number of hydrogen-bond acceptors (Lipinski definition) is 3. The quantitative estimate of drug-likeness (QED) is 0.906. The van der Waals surface area contributed by atoms with Crippen LogP contribution in [0.15, 0.2) is 41.3 Å². The van der Waals surface area contributed by atoms with Gasteiger partial charge >= 0.3 is 0 Å². The zero-order valence-corrected chi connectivity index (χ0v) is 12.7. The minimum Gasteiger partial charge on any atom is -0.392 e. The van der Waals surface area contributed by atoms with Crippen LogP contribution >= 0.6 is 11.6 Å². The van der Waals surface area contributed by atoms with E-state index in [4.69, 9.17) is 11.6 Å². The Bertz CT molecular complexity index is 778. The topological polar surface area (TPSA) is 66.4 Å². The van der Waals surface area contributed by atoms with Gasteiger partial charge in [-0.3, -0.25) is 4.72 Å². The van der Waals surface area contributed by atoms with E-state index in [-0.39, 0.29) is 16.1 Å². The van der Waals surface area contributed by atoms with Crippen molar-refractivity contribution < 1.29 is 17.9 Å². The molecular formula is C14H13ClFNO3S. The zero-order chi connectivity index (χ0) is 15.6. The van der Waals surface area contributed by atoms with Gasteiger partial charge < -0.3 is 5.11 Å². The van der Waals surface area contributed by atoms with E-state index in [1.165, 1.54) is 30.3 Å². The van der Waals surface area contributed by atoms with Gasteiger partial charge in [-0.05, 0) is 36.8 Å². The zero-order valence-electron chi connectivity index (χ0n) is 11.1. The molecule has 2 aromatic carbocycles. The van der Waals surface area contributed by atoms with Crippen LogP contribution in [-0.2, 0) is 16.6 Å². The van der Waals surface area contributed by atoms with E-state index < -0.39 is 22.4 Å². The van der Waals surface area contributed by atoms with Crippen molar-refractivity contribution in [2.45, 2.75) is 18.4 Å².